The second-order valence-corrected chi connectivity index (χ2v) is 8.27. The van der Waals surface area contributed by atoms with Gasteiger partial charge < -0.3 is 5.32 Å². The summed E-state index contributed by atoms with van der Waals surface area (Å²) in [4.78, 5) is 9.08. The molecule has 1 fully saturated rings. The van der Waals surface area contributed by atoms with Crippen LogP contribution in [0.25, 0.3) is 0 Å². The van der Waals surface area contributed by atoms with E-state index in [9.17, 15) is 8.42 Å². The zero-order chi connectivity index (χ0) is 18.9. The molecule has 2 aromatic carbocycles. The molecule has 6 nitrogen and oxygen atoms in total. The fourth-order valence-corrected chi connectivity index (χ4v) is 3.75. The van der Waals surface area contributed by atoms with E-state index in [0.717, 1.165) is 17.7 Å². The first kappa shape index (κ1) is 17.6. The Balaban J connectivity index is 1.43. The smallest absolute Gasteiger partial charge is 0.238 e. The minimum atomic E-state index is -3.65. The molecular weight excluding hydrogens is 360 g/mol. The van der Waals surface area contributed by atoms with E-state index in [-0.39, 0.29) is 4.90 Å². The van der Waals surface area contributed by atoms with Crippen LogP contribution in [0.5, 0.6) is 0 Å². The number of sulfonamides is 1. The minimum absolute atomic E-state index is 0.137. The predicted octanol–water partition coefficient (Wildman–Crippen LogP) is 3.01. The van der Waals surface area contributed by atoms with Crippen molar-refractivity contribution in [3.8, 4) is 0 Å². The Morgan fingerprint density at radius 2 is 1.74 bits per heavy atom. The van der Waals surface area contributed by atoms with Gasteiger partial charge in [0.1, 0.15) is 0 Å². The van der Waals surface area contributed by atoms with Gasteiger partial charge in [0.25, 0.3) is 0 Å². The van der Waals surface area contributed by atoms with Crippen molar-refractivity contribution in [1.29, 1.82) is 0 Å². The van der Waals surface area contributed by atoms with Gasteiger partial charge in [-0.1, -0.05) is 42.5 Å². The highest BCUT2D eigenvalue weighted by molar-refractivity contribution is 7.89. The number of aromatic nitrogens is 2. The molecule has 7 heteroatoms. The highest BCUT2D eigenvalue weighted by Gasteiger charge is 2.40. The number of rotatable bonds is 6. The van der Waals surface area contributed by atoms with Gasteiger partial charge in [-0.25, -0.2) is 23.5 Å². The van der Waals surface area contributed by atoms with Crippen molar-refractivity contribution in [2.45, 2.75) is 29.7 Å². The summed E-state index contributed by atoms with van der Waals surface area (Å²) in [6.07, 6.45) is 2.76. The van der Waals surface area contributed by atoms with E-state index in [0.29, 0.717) is 24.3 Å². The fraction of sp³-hybridized carbons (Fsp3) is 0.200. The highest BCUT2D eigenvalue weighted by Crippen LogP contribution is 2.54. The first-order chi connectivity index (χ1) is 13.0. The minimum Gasteiger partial charge on any atom is -0.350 e. The Bertz CT molecular complexity index is 1040. The number of primary sulfonamides is 1. The number of nitrogens with two attached hydrogens (primary N) is 1. The number of nitrogens with zero attached hydrogens (tertiary/aromatic N) is 2. The first-order valence-electron chi connectivity index (χ1n) is 8.74. The molecule has 4 rings (SSSR count). The van der Waals surface area contributed by atoms with Gasteiger partial charge in [0, 0.05) is 24.4 Å². The van der Waals surface area contributed by atoms with Crippen molar-refractivity contribution in [2.75, 3.05) is 5.32 Å². The van der Waals surface area contributed by atoms with Crippen LogP contribution in [0.15, 0.2) is 71.8 Å². The zero-order valence-corrected chi connectivity index (χ0v) is 15.4. The molecule has 0 spiro atoms. The van der Waals surface area contributed by atoms with Crippen LogP contribution >= 0.6 is 0 Å². The SMILES string of the molecule is NS(=O)(=O)c1ccc([C@@H]2C[C@H]2c2ccnc(NCc3ccccc3)n2)cc1. The third-order valence-electron chi connectivity index (χ3n) is 4.78. The molecule has 0 radical (unpaired) electrons. The number of benzene rings is 2. The van der Waals surface area contributed by atoms with Crippen LogP contribution in [0.4, 0.5) is 5.95 Å². The summed E-state index contributed by atoms with van der Waals surface area (Å²) in [6, 6.07) is 18.8. The van der Waals surface area contributed by atoms with Crippen molar-refractivity contribution in [3.63, 3.8) is 0 Å². The summed E-state index contributed by atoms with van der Waals surface area (Å²) < 4.78 is 22.7. The Kier molecular flexibility index (Phi) is 4.63. The third kappa shape index (κ3) is 4.15. The van der Waals surface area contributed by atoms with Crippen LogP contribution in [0.3, 0.4) is 0 Å². The van der Waals surface area contributed by atoms with Gasteiger partial charge >= 0.3 is 0 Å². The molecule has 2 atom stereocenters. The van der Waals surface area contributed by atoms with Crippen LogP contribution in [-0.2, 0) is 16.6 Å². The van der Waals surface area contributed by atoms with Crippen LogP contribution in [0.2, 0.25) is 0 Å². The monoisotopic (exact) mass is 380 g/mol. The number of nitrogens with one attached hydrogen (secondary N) is 1. The maximum Gasteiger partial charge on any atom is 0.238 e. The standard InChI is InChI=1S/C20H20N4O2S/c21-27(25,26)16-8-6-15(7-9-16)17-12-18(17)19-10-11-22-20(24-19)23-13-14-4-2-1-3-5-14/h1-11,17-18H,12-13H2,(H2,21,25,26)(H,22,23,24)/t17-,18+/m0/s1. The molecule has 1 saturated carbocycles. The van der Waals surface area contributed by atoms with E-state index < -0.39 is 10.0 Å². The van der Waals surface area contributed by atoms with Gasteiger partial charge in [0.2, 0.25) is 16.0 Å². The van der Waals surface area contributed by atoms with Crippen molar-refractivity contribution < 1.29 is 8.42 Å². The van der Waals surface area contributed by atoms with E-state index in [1.165, 1.54) is 5.56 Å². The van der Waals surface area contributed by atoms with Gasteiger partial charge in [-0.15, -0.1) is 0 Å². The molecule has 0 saturated heterocycles. The molecule has 1 aromatic heterocycles. The van der Waals surface area contributed by atoms with Crippen LogP contribution in [0, 0.1) is 0 Å². The van der Waals surface area contributed by atoms with Crippen LogP contribution in [0.1, 0.15) is 35.1 Å². The molecular formula is C20H20N4O2S. The van der Waals surface area contributed by atoms with Crippen molar-refractivity contribution >= 4 is 16.0 Å². The predicted molar refractivity (Wildman–Crippen MR) is 104 cm³/mol. The molecule has 3 N–H and O–H groups in total. The van der Waals surface area contributed by atoms with E-state index in [4.69, 9.17) is 5.14 Å². The van der Waals surface area contributed by atoms with Crippen molar-refractivity contribution in [1.82, 2.24) is 9.97 Å². The topological polar surface area (TPSA) is 98.0 Å². The van der Waals surface area contributed by atoms with Gasteiger partial charge in [-0.05, 0) is 41.7 Å². The summed E-state index contributed by atoms with van der Waals surface area (Å²) in [6.45, 7) is 0.674. The number of anilines is 1. The van der Waals surface area contributed by atoms with Crippen LogP contribution in [-0.4, -0.2) is 18.4 Å². The average molecular weight is 380 g/mol. The Labute approximate surface area is 158 Å². The lowest BCUT2D eigenvalue weighted by Gasteiger charge is -2.07. The molecule has 0 amide bonds. The Morgan fingerprint density at radius 1 is 1.00 bits per heavy atom. The summed E-state index contributed by atoms with van der Waals surface area (Å²) in [5.74, 6) is 1.29. The van der Waals surface area contributed by atoms with E-state index in [1.54, 1.807) is 18.3 Å². The molecule has 3 aromatic rings. The van der Waals surface area contributed by atoms with Gasteiger partial charge in [-0.2, -0.15) is 0 Å². The molecule has 27 heavy (non-hydrogen) atoms. The van der Waals surface area contributed by atoms with Crippen molar-refractivity contribution in [2.24, 2.45) is 5.14 Å². The van der Waals surface area contributed by atoms with E-state index in [2.05, 4.69) is 27.4 Å². The first-order valence-corrected chi connectivity index (χ1v) is 10.3. The molecule has 138 valence electrons. The van der Waals surface area contributed by atoms with E-state index >= 15 is 0 Å². The summed E-state index contributed by atoms with van der Waals surface area (Å²) in [5.41, 5.74) is 3.27. The summed E-state index contributed by atoms with van der Waals surface area (Å²) >= 11 is 0. The maximum atomic E-state index is 11.4. The summed E-state index contributed by atoms with van der Waals surface area (Å²) in [7, 11) is -3.65. The largest absolute Gasteiger partial charge is 0.350 e. The number of hydrogen-bond donors (Lipinski definition) is 2. The molecule has 1 aliphatic carbocycles. The zero-order valence-electron chi connectivity index (χ0n) is 14.6. The molecule has 1 heterocycles. The van der Waals surface area contributed by atoms with Crippen molar-refractivity contribution in [3.05, 3.63) is 83.7 Å². The molecule has 0 bridgehead atoms. The number of hydrogen-bond acceptors (Lipinski definition) is 5. The summed E-state index contributed by atoms with van der Waals surface area (Å²) in [5, 5.41) is 8.41. The highest BCUT2D eigenvalue weighted by atomic mass is 32.2. The normalized spacial score (nSPS) is 18.9. The molecule has 0 aliphatic heterocycles. The fourth-order valence-electron chi connectivity index (χ4n) is 3.24. The van der Waals surface area contributed by atoms with E-state index in [1.807, 2.05) is 36.4 Å². The second kappa shape index (κ2) is 7.09. The van der Waals surface area contributed by atoms with Gasteiger partial charge in [0.05, 0.1) is 4.90 Å². The lowest BCUT2D eigenvalue weighted by atomic mass is 10.1. The van der Waals surface area contributed by atoms with Gasteiger partial charge in [-0.3, -0.25) is 0 Å². The maximum absolute atomic E-state index is 11.4. The Hall–Kier alpha value is -2.77. The lowest BCUT2D eigenvalue weighted by molar-refractivity contribution is 0.598. The van der Waals surface area contributed by atoms with Gasteiger partial charge in [0.15, 0.2) is 0 Å². The molecule has 1 aliphatic rings. The van der Waals surface area contributed by atoms with Crippen LogP contribution < -0.4 is 10.5 Å². The lowest BCUT2D eigenvalue weighted by Crippen LogP contribution is -2.11. The quantitative estimate of drug-likeness (QED) is 0.685. The third-order valence-corrected chi connectivity index (χ3v) is 5.71. The molecule has 0 unspecified atom stereocenters. The average Bonchev–Trinajstić information content (AvgIpc) is 3.48. The second-order valence-electron chi connectivity index (χ2n) is 6.71. The Morgan fingerprint density at radius 3 is 2.44 bits per heavy atom.